The third-order valence-corrected chi connectivity index (χ3v) is 6.20. The van der Waals surface area contributed by atoms with Crippen LogP contribution in [-0.2, 0) is 4.79 Å². The minimum absolute atomic E-state index is 0.283. The molecule has 31 heavy (non-hydrogen) atoms. The van der Waals surface area contributed by atoms with Crippen LogP contribution < -0.4 is 10.2 Å². The van der Waals surface area contributed by atoms with E-state index in [1.165, 1.54) is 6.07 Å². The van der Waals surface area contributed by atoms with Crippen molar-refractivity contribution in [3.8, 4) is 5.69 Å². The molecule has 0 radical (unpaired) electrons. The SMILES string of the molecule is CN1CCN(c2ccc(-n3cnc4ccc(/C=C5\SC(=O)NC5=O)nc43)cc2F)CC1. The molecule has 158 valence electrons. The molecule has 2 saturated heterocycles. The van der Waals surface area contributed by atoms with Gasteiger partial charge in [-0.1, -0.05) is 0 Å². The number of nitrogens with one attached hydrogen (secondary N) is 1. The molecule has 1 N–H and O–H groups in total. The van der Waals surface area contributed by atoms with Crippen LogP contribution >= 0.6 is 11.8 Å². The summed E-state index contributed by atoms with van der Waals surface area (Å²) in [4.78, 5) is 36.6. The number of aromatic nitrogens is 3. The highest BCUT2D eigenvalue weighted by atomic mass is 32.2. The van der Waals surface area contributed by atoms with Gasteiger partial charge in [0, 0.05) is 32.2 Å². The van der Waals surface area contributed by atoms with E-state index in [2.05, 4.69) is 32.1 Å². The maximum absolute atomic E-state index is 15.0. The summed E-state index contributed by atoms with van der Waals surface area (Å²) < 4.78 is 16.7. The monoisotopic (exact) mass is 438 g/mol. The van der Waals surface area contributed by atoms with Crippen molar-refractivity contribution in [3.05, 3.63) is 53.1 Å². The van der Waals surface area contributed by atoms with Crippen molar-refractivity contribution in [2.24, 2.45) is 0 Å². The second kappa shape index (κ2) is 7.78. The number of thioether (sulfide) groups is 1. The van der Waals surface area contributed by atoms with Gasteiger partial charge in [0.05, 0.1) is 22.0 Å². The number of pyridine rings is 1. The van der Waals surface area contributed by atoms with Crippen LogP contribution in [0.1, 0.15) is 5.69 Å². The first-order valence-electron chi connectivity index (χ1n) is 9.80. The number of rotatable bonds is 3. The van der Waals surface area contributed by atoms with Gasteiger partial charge in [0.2, 0.25) is 0 Å². The molecule has 0 bridgehead atoms. The first-order chi connectivity index (χ1) is 15.0. The number of piperazine rings is 1. The van der Waals surface area contributed by atoms with E-state index in [1.54, 1.807) is 35.2 Å². The summed E-state index contributed by atoms with van der Waals surface area (Å²) in [5, 5.41) is 1.82. The number of carbonyl (C=O) groups excluding carboxylic acids is 2. The largest absolute Gasteiger partial charge is 0.367 e. The number of anilines is 1. The lowest BCUT2D eigenvalue weighted by Gasteiger charge is -2.34. The van der Waals surface area contributed by atoms with Gasteiger partial charge in [0.1, 0.15) is 17.7 Å². The third kappa shape index (κ3) is 3.79. The zero-order valence-corrected chi connectivity index (χ0v) is 17.5. The molecule has 0 atom stereocenters. The number of carbonyl (C=O) groups is 2. The average molecular weight is 438 g/mol. The maximum atomic E-state index is 15.0. The highest BCUT2D eigenvalue weighted by Crippen LogP contribution is 2.27. The predicted octanol–water partition coefficient (Wildman–Crippen LogP) is 2.64. The standard InChI is InChI=1S/C21H19FN6O2S/c1-26-6-8-27(9-7-26)17-5-3-14(11-15(17)22)28-12-23-16-4-2-13(24-19(16)28)10-18-20(29)25-21(30)31-18/h2-5,10-12H,6-9H2,1H3,(H,25,29,30)/b18-10-. The van der Waals surface area contributed by atoms with Crippen molar-refractivity contribution in [1.29, 1.82) is 0 Å². The molecule has 2 fully saturated rings. The number of imide groups is 1. The van der Waals surface area contributed by atoms with Crippen molar-refractivity contribution < 1.29 is 14.0 Å². The van der Waals surface area contributed by atoms with Gasteiger partial charge >= 0.3 is 0 Å². The summed E-state index contributed by atoms with van der Waals surface area (Å²) in [5.41, 5.74) is 2.89. The highest BCUT2D eigenvalue weighted by molar-refractivity contribution is 8.18. The van der Waals surface area contributed by atoms with Gasteiger partial charge in [0.25, 0.3) is 11.1 Å². The second-order valence-electron chi connectivity index (χ2n) is 7.47. The van der Waals surface area contributed by atoms with E-state index in [0.29, 0.717) is 28.2 Å². The number of likely N-dealkylation sites (N-methyl/N-ethyl adjacent to an activating group) is 1. The fraction of sp³-hybridized carbons (Fsp3) is 0.238. The van der Waals surface area contributed by atoms with Gasteiger partial charge in [-0.25, -0.2) is 14.4 Å². The lowest BCUT2D eigenvalue weighted by atomic mass is 10.2. The lowest BCUT2D eigenvalue weighted by Crippen LogP contribution is -2.44. The number of nitrogens with zero attached hydrogens (tertiary/aromatic N) is 5. The Balaban J connectivity index is 1.47. The lowest BCUT2D eigenvalue weighted by molar-refractivity contribution is -0.115. The molecule has 3 aromatic rings. The molecule has 8 nitrogen and oxygen atoms in total. The molecule has 2 aliphatic rings. The summed E-state index contributed by atoms with van der Waals surface area (Å²) in [7, 11) is 2.06. The Morgan fingerprint density at radius 3 is 2.65 bits per heavy atom. The van der Waals surface area contributed by atoms with Crippen molar-refractivity contribution in [2.75, 3.05) is 38.1 Å². The average Bonchev–Trinajstić information content (AvgIpc) is 3.31. The Kier molecular flexibility index (Phi) is 4.95. The van der Waals surface area contributed by atoms with Gasteiger partial charge in [0.15, 0.2) is 5.65 Å². The van der Waals surface area contributed by atoms with Crippen molar-refractivity contribution in [1.82, 2.24) is 24.8 Å². The molecule has 5 rings (SSSR count). The Morgan fingerprint density at radius 2 is 1.94 bits per heavy atom. The van der Waals surface area contributed by atoms with Crippen molar-refractivity contribution in [2.45, 2.75) is 0 Å². The molecular weight excluding hydrogens is 419 g/mol. The van der Waals surface area contributed by atoms with E-state index in [9.17, 15) is 14.0 Å². The Hall–Kier alpha value is -3.24. The quantitative estimate of drug-likeness (QED) is 0.630. The minimum Gasteiger partial charge on any atom is -0.367 e. The molecule has 0 aliphatic carbocycles. The number of amides is 2. The van der Waals surface area contributed by atoms with E-state index < -0.39 is 11.1 Å². The van der Waals surface area contributed by atoms with Crippen LogP contribution in [0.5, 0.6) is 0 Å². The number of fused-ring (bicyclic) bond motifs is 1. The Bertz CT molecular complexity index is 1230. The number of hydrogen-bond donors (Lipinski definition) is 1. The number of imidazole rings is 1. The van der Waals surface area contributed by atoms with Crippen LogP contribution in [-0.4, -0.2) is 63.8 Å². The first-order valence-corrected chi connectivity index (χ1v) is 10.6. The Morgan fingerprint density at radius 1 is 1.13 bits per heavy atom. The van der Waals surface area contributed by atoms with Crippen LogP contribution in [0.25, 0.3) is 22.9 Å². The minimum atomic E-state index is -0.438. The normalized spacial score (nSPS) is 18.9. The summed E-state index contributed by atoms with van der Waals surface area (Å²) >= 11 is 0.836. The van der Waals surface area contributed by atoms with E-state index in [4.69, 9.17) is 0 Å². The molecule has 2 amide bonds. The fourth-order valence-corrected chi connectivity index (χ4v) is 4.35. The van der Waals surface area contributed by atoms with E-state index in [0.717, 1.165) is 37.9 Å². The topological polar surface area (TPSA) is 83.4 Å². The Labute approximate surface area is 181 Å². The van der Waals surface area contributed by atoms with Crippen LogP contribution in [0.4, 0.5) is 14.9 Å². The summed E-state index contributed by atoms with van der Waals surface area (Å²) in [5.74, 6) is -0.730. The molecule has 0 saturated carbocycles. The number of halogens is 1. The second-order valence-corrected chi connectivity index (χ2v) is 8.49. The maximum Gasteiger partial charge on any atom is 0.290 e. The molecule has 2 aromatic heterocycles. The molecule has 0 unspecified atom stereocenters. The van der Waals surface area contributed by atoms with Gasteiger partial charge < -0.3 is 9.80 Å². The molecule has 0 spiro atoms. The fourth-order valence-electron chi connectivity index (χ4n) is 3.68. The smallest absolute Gasteiger partial charge is 0.290 e. The van der Waals surface area contributed by atoms with E-state index in [1.807, 2.05) is 6.07 Å². The number of hydrogen-bond acceptors (Lipinski definition) is 7. The van der Waals surface area contributed by atoms with Crippen LogP contribution in [0.15, 0.2) is 41.6 Å². The van der Waals surface area contributed by atoms with Gasteiger partial charge in [-0.2, -0.15) is 0 Å². The summed E-state index contributed by atoms with van der Waals surface area (Å²) in [6.45, 7) is 3.37. The number of benzene rings is 1. The predicted molar refractivity (Wildman–Crippen MR) is 118 cm³/mol. The third-order valence-electron chi connectivity index (χ3n) is 5.39. The molecule has 2 aliphatic heterocycles. The summed E-state index contributed by atoms with van der Waals surface area (Å²) in [6.07, 6.45) is 3.15. The van der Waals surface area contributed by atoms with E-state index in [-0.39, 0.29) is 10.7 Å². The highest BCUT2D eigenvalue weighted by Gasteiger charge is 2.25. The molecule has 1 aromatic carbocycles. The van der Waals surface area contributed by atoms with Crippen LogP contribution in [0.3, 0.4) is 0 Å². The molecule has 10 heteroatoms. The molecular formula is C21H19FN6O2S. The van der Waals surface area contributed by atoms with Crippen LogP contribution in [0.2, 0.25) is 0 Å². The molecule has 4 heterocycles. The van der Waals surface area contributed by atoms with Gasteiger partial charge in [-0.3, -0.25) is 19.5 Å². The van der Waals surface area contributed by atoms with Crippen molar-refractivity contribution in [3.63, 3.8) is 0 Å². The first kappa shape index (κ1) is 19.7. The zero-order chi connectivity index (χ0) is 21.5. The van der Waals surface area contributed by atoms with Crippen LogP contribution in [0, 0.1) is 5.82 Å². The van der Waals surface area contributed by atoms with Gasteiger partial charge in [-0.05, 0) is 49.2 Å². The summed E-state index contributed by atoms with van der Waals surface area (Å²) in [6, 6.07) is 8.63. The van der Waals surface area contributed by atoms with E-state index >= 15 is 0 Å². The van der Waals surface area contributed by atoms with Crippen molar-refractivity contribution >= 4 is 45.8 Å². The van der Waals surface area contributed by atoms with Gasteiger partial charge in [-0.15, -0.1) is 0 Å². The zero-order valence-electron chi connectivity index (χ0n) is 16.7.